The first-order chi connectivity index (χ1) is 9.40. The minimum atomic E-state index is -1.03. The molecule has 0 bridgehead atoms. The number of nitrogens with one attached hydrogen (secondary N) is 1. The van der Waals surface area contributed by atoms with Gasteiger partial charge in [0.2, 0.25) is 5.91 Å². The summed E-state index contributed by atoms with van der Waals surface area (Å²) in [7, 11) is 0. The molecule has 0 saturated heterocycles. The number of halogens is 1. The predicted octanol–water partition coefficient (Wildman–Crippen LogP) is 2.44. The van der Waals surface area contributed by atoms with Crippen LogP contribution in [0, 0.1) is 5.92 Å². The van der Waals surface area contributed by atoms with E-state index in [1.165, 1.54) is 0 Å². The van der Waals surface area contributed by atoms with Gasteiger partial charge in [0.25, 0.3) is 0 Å². The summed E-state index contributed by atoms with van der Waals surface area (Å²) in [6.45, 7) is 3.70. The molecule has 1 amide bonds. The Morgan fingerprint density at radius 1 is 1.30 bits per heavy atom. The van der Waals surface area contributed by atoms with E-state index in [9.17, 15) is 9.59 Å². The summed E-state index contributed by atoms with van der Waals surface area (Å²) in [5.41, 5.74) is 0. The van der Waals surface area contributed by atoms with Gasteiger partial charge >= 0.3 is 5.97 Å². The average Bonchev–Trinajstić information content (AvgIpc) is 2.37. The topological polar surface area (TPSA) is 75.6 Å². The van der Waals surface area contributed by atoms with Crippen molar-refractivity contribution in [3.8, 4) is 5.75 Å². The zero-order valence-corrected chi connectivity index (χ0v) is 13.0. The van der Waals surface area contributed by atoms with Crippen LogP contribution in [0.15, 0.2) is 28.7 Å². The third-order valence-corrected chi connectivity index (χ3v) is 3.19. The summed E-state index contributed by atoms with van der Waals surface area (Å²) in [4.78, 5) is 22.6. The van der Waals surface area contributed by atoms with Crippen molar-refractivity contribution in [2.45, 2.75) is 26.3 Å². The lowest BCUT2D eigenvalue weighted by Crippen LogP contribution is -2.44. The van der Waals surface area contributed by atoms with E-state index in [1.807, 2.05) is 12.1 Å². The minimum absolute atomic E-state index is 0.118. The molecule has 1 atom stereocenters. The number of carbonyl (C=O) groups is 2. The van der Waals surface area contributed by atoms with Gasteiger partial charge in [0, 0.05) is 4.47 Å². The SMILES string of the molecule is CC(C)[C@@H](NC(=O)CCOc1ccc(Br)cc1)C(=O)O. The van der Waals surface area contributed by atoms with E-state index in [0.717, 1.165) is 4.47 Å². The number of hydrogen-bond acceptors (Lipinski definition) is 3. The quantitative estimate of drug-likeness (QED) is 0.797. The fourth-order valence-corrected chi connectivity index (χ4v) is 1.82. The zero-order chi connectivity index (χ0) is 15.1. The van der Waals surface area contributed by atoms with Crippen LogP contribution in [0.25, 0.3) is 0 Å². The third kappa shape index (κ3) is 5.61. The van der Waals surface area contributed by atoms with Crippen LogP contribution in [-0.4, -0.2) is 29.6 Å². The first-order valence-corrected chi connectivity index (χ1v) is 7.10. The van der Waals surface area contributed by atoms with Crippen molar-refractivity contribution in [1.29, 1.82) is 0 Å². The van der Waals surface area contributed by atoms with E-state index < -0.39 is 12.0 Å². The lowest BCUT2D eigenvalue weighted by molar-refractivity contribution is -0.143. The van der Waals surface area contributed by atoms with Crippen LogP contribution >= 0.6 is 15.9 Å². The molecule has 0 aliphatic rings. The van der Waals surface area contributed by atoms with E-state index in [0.29, 0.717) is 5.75 Å². The average molecular weight is 344 g/mol. The van der Waals surface area contributed by atoms with Crippen molar-refractivity contribution in [2.75, 3.05) is 6.61 Å². The number of amides is 1. The number of rotatable bonds is 7. The lowest BCUT2D eigenvalue weighted by Gasteiger charge is -2.17. The highest BCUT2D eigenvalue weighted by Gasteiger charge is 2.23. The summed E-state index contributed by atoms with van der Waals surface area (Å²) in [6, 6.07) is 6.39. The highest BCUT2D eigenvalue weighted by Crippen LogP contribution is 2.16. The van der Waals surface area contributed by atoms with Gasteiger partial charge < -0.3 is 15.2 Å². The maximum Gasteiger partial charge on any atom is 0.326 e. The first kappa shape index (κ1) is 16.5. The Balaban J connectivity index is 2.36. The fourth-order valence-electron chi connectivity index (χ4n) is 1.55. The minimum Gasteiger partial charge on any atom is -0.493 e. The molecule has 0 aliphatic heterocycles. The van der Waals surface area contributed by atoms with Crippen LogP contribution in [0.2, 0.25) is 0 Å². The van der Waals surface area contributed by atoms with E-state index in [4.69, 9.17) is 9.84 Å². The fraction of sp³-hybridized carbons (Fsp3) is 0.429. The molecule has 0 heterocycles. The van der Waals surface area contributed by atoms with Crippen LogP contribution < -0.4 is 10.1 Å². The highest BCUT2D eigenvalue weighted by molar-refractivity contribution is 9.10. The lowest BCUT2D eigenvalue weighted by atomic mass is 10.0. The molecule has 0 spiro atoms. The van der Waals surface area contributed by atoms with Crippen LogP contribution in [-0.2, 0) is 9.59 Å². The van der Waals surface area contributed by atoms with Crippen LogP contribution in [0.4, 0.5) is 0 Å². The van der Waals surface area contributed by atoms with E-state index in [1.54, 1.807) is 26.0 Å². The van der Waals surface area contributed by atoms with Gasteiger partial charge in [-0.2, -0.15) is 0 Å². The Labute approximate surface area is 126 Å². The third-order valence-electron chi connectivity index (χ3n) is 2.66. The van der Waals surface area contributed by atoms with Crippen LogP contribution in [0.3, 0.4) is 0 Å². The molecule has 0 fully saturated rings. The summed E-state index contributed by atoms with van der Waals surface area (Å²) >= 11 is 3.32. The van der Waals surface area contributed by atoms with Gasteiger partial charge in [0.15, 0.2) is 0 Å². The van der Waals surface area contributed by atoms with Crippen molar-refractivity contribution in [1.82, 2.24) is 5.32 Å². The molecule has 1 aromatic carbocycles. The van der Waals surface area contributed by atoms with Gasteiger partial charge in [0.05, 0.1) is 13.0 Å². The number of aliphatic carboxylic acids is 1. The smallest absolute Gasteiger partial charge is 0.326 e. The molecular weight excluding hydrogens is 326 g/mol. The second kappa shape index (κ2) is 7.89. The molecule has 1 aromatic rings. The number of ether oxygens (including phenoxy) is 1. The Morgan fingerprint density at radius 2 is 1.90 bits per heavy atom. The summed E-state index contributed by atoms with van der Waals surface area (Å²) in [5.74, 6) is -0.853. The molecule has 0 radical (unpaired) electrons. The number of hydrogen-bond donors (Lipinski definition) is 2. The van der Waals surface area contributed by atoms with Gasteiger partial charge in [-0.1, -0.05) is 29.8 Å². The number of carboxylic acids is 1. The normalized spacial score (nSPS) is 12.0. The monoisotopic (exact) mass is 343 g/mol. The standard InChI is InChI=1S/C14H18BrNO4/c1-9(2)13(14(18)19)16-12(17)7-8-20-11-5-3-10(15)4-6-11/h3-6,9,13H,7-8H2,1-2H3,(H,16,17)(H,18,19)/t13-/m1/s1. The molecule has 6 heteroatoms. The van der Waals surface area contributed by atoms with E-state index >= 15 is 0 Å². The Morgan fingerprint density at radius 3 is 2.40 bits per heavy atom. The number of carboxylic acid groups (broad SMARTS) is 1. The summed E-state index contributed by atoms with van der Waals surface area (Å²) in [6.07, 6.45) is 0.118. The largest absolute Gasteiger partial charge is 0.493 e. The Hall–Kier alpha value is -1.56. The van der Waals surface area contributed by atoms with Crippen molar-refractivity contribution >= 4 is 27.8 Å². The van der Waals surface area contributed by atoms with Crippen LogP contribution in [0.5, 0.6) is 5.75 Å². The number of benzene rings is 1. The molecule has 2 N–H and O–H groups in total. The Bertz CT molecular complexity index is 459. The predicted molar refractivity (Wildman–Crippen MR) is 78.7 cm³/mol. The van der Waals surface area contributed by atoms with E-state index in [-0.39, 0.29) is 24.9 Å². The molecule has 20 heavy (non-hydrogen) atoms. The van der Waals surface area contributed by atoms with Gasteiger partial charge in [0.1, 0.15) is 11.8 Å². The van der Waals surface area contributed by atoms with Crippen molar-refractivity contribution in [3.05, 3.63) is 28.7 Å². The molecule has 1 rings (SSSR count). The molecular formula is C14H18BrNO4. The maximum atomic E-state index is 11.6. The highest BCUT2D eigenvalue weighted by atomic mass is 79.9. The van der Waals surface area contributed by atoms with Gasteiger partial charge in [-0.25, -0.2) is 4.79 Å². The van der Waals surface area contributed by atoms with Crippen molar-refractivity contribution in [2.24, 2.45) is 5.92 Å². The molecule has 110 valence electrons. The zero-order valence-electron chi connectivity index (χ0n) is 11.4. The Kier molecular flexibility index (Phi) is 6.51. The first-order valence-electron chi connectivity index (χ1n) is 6.30. The van der Waals surface area contributed by atoms with E-state index in [2.05, 4.69) is 21.2 Å². The maximum absolute atomic E-state index is 11.6. The summed E-state index contributed by atoms with van der Waals surface area (Å²) < 4.78 is 6.35. The van der Waals surface area contributed by atoms with Crippen LogP contribution in [0.1, 0.15) is 20.3 Å². The molecule has 0 unspecified atom stereocenters. The van der Waals surface area contributed by atoms with Gasteiger partial charge in [-0.05, 0) is 30.2 Å². The van der Waals surface area contributed by atoms with Gasteiger partial charge in [-0.15, -0.1) is 0 Å². The second-order valence-corrected chi connectivity index (χ2v) is 5.60. The number of carbonyl (C=O) groups excluding carboxylic acids is 1. The molecule has 0 aliphatic carbocycles. The second-order valence-electron chi connectivity index (χ2n) is 4.68. The molecule has 0 aromatic heterocycles. The molecule has 0 saturated carbocycles. The summed E-state index contributed by atoms with van der Waals surface area (Å²) in [5, 5.41) is 11.5. The van der Waals surface area contributed by atoms with Crippen molar-refractivity contribution < 1.29 is 19.4 Å². The van der Waals surface area contributed by atoms with Crippen molar-refractivity contribution in [3.63, 3.8) is 0 Å². The molecule has 5 nitrogen and oxygen atoms in total. The van der Waals surface area contributed by atoms with Gasteiger partial charge in [-0.3, -0.25) is 4.79 Å².